The number of aromatic amines is 1. The summed E-state index contributed by atoms with van der Waals surface area (Å²) in [6.45, 7) is 3.99. The van der Waals surface area contributed by atoms with E-state index in [1.807, 2.05) is 61.0 Å². The molecular weight excluding hydrogens is 449 g/mol. The molecule has 1 amide bonds. The molecule has 0 saturated heterocycles. The van der Waals surface area contributed by atoms with Gasteiger partial charge < -0.3 is 10.3 Å². The number of aromatic nitrogens is 4. The van der Waals surface area contributed by atoms with Crippen LogP contribution in [0.2, 0.25) is 0 Å². The zero-order valence-electron chi connectivity index (χ0n) is 18.7. The Bertz CT molecular complexity index is 1470. The van der Waals surface area contributed by atoms with Gasteiger partial charge in [-0.1, -0.05) is 36.0 Å². The third kappa shape index (κ3) is 4.45. The van der Waals surface area contributed by atoms with Crippen LogP contribution >= 0.6 is 11.8 Å². The predicted octanol–water partition coefficient (Wildman–Crippen LogP) is 5.90. The molecule has 5 aromatic rings. The van der Waals surface area contributed by atoms with Crippen LogP contribution in [0.15, 0.2) is 78.1 Å². The van der Waals surface area contributed by atoms with Gasteiger partial charge >= 0.3 is 0 Å². The van der Waals surface area contributed by atoms with Gasteiger partial charge in [0.1, 0.15) is 5.82 Å². The van der Waals surface area contributed by atoms with Crippen LogP contribution in [-0.4, -0.2) is 31.4 Å². The van der Waals surface area contributed by atoms with E-state index in [0.29, 0.717) is 16.7 Å². The summed E-state index contributed by atoms with van der Waals surface area (Å²) < 4.78 is 15.5. The van der Waals surface area contributed by atoms with Crippen molar-refractivity contribution in [3.8, 4) is 17.1 Å². The van der Waals surface area contributed by atoms with Crippen LogP contribution in [0.25, 0.3) is 28.0 Å². The van der Waals surface area contributed by atoms with E-state index in [1.165, 1.54) is 23.9 Å². The quantitative estimate of drug-likeness (QED) is 0.302. The number of amides is 1. The maximum Gasteiger partial charge on any atom is 0.234 e. The molecule has 6 nitrogen and oxygen atoms in total. The van der Waals surface area contributed by atoms with Crippen molar-refractivity contribution < 1.29 is 9.18 Å². The van der Waals surface area contributed by atoms with Crippen LogP contribution < -0.4 is 5.32 Å². The maximum atomic E-state index is 13.6. The van der Waals surface area contributed by atoms with E-state index in [9.17, 15) is 9.18 Å². The third-order valence-electron chi connectivity index (χ3n) is 5.39. The minimum atomic E-state index is -0.326. The van der Waals surface area contributed by atoms with Crippen LogP contribution in [0.4, 0.5) is 10.1 Å². The first-order valence-electron chi connectivity index (χ1n) is 10.8. The van der Waals surface area contributed by atoms with Gasteiger partial charge in [0.15, 0.2) is 11.0 Å². The number of aryl methyl sites for hydroxylation is 2. The summed E-state index contributed by atoms with van der Waals surface area (Å²) in [5.41, 5.74) is 5.50. The van der Waals surface area contributed by atoms with E-state index < -0.39 is 0 Å². The third-order valence-corrected chi connectivity index (χ3v) is 6.32. The first-order chi connectivity index (χ1) is 16.5. The molecule has 2 heterocycles. The Morgan fingerprint density at radius 3 is 2.53 bits per heavy atom. The van der Waals surface area contributed by atoms with Gasteiger partial charge in [0.2, 0.25) is 5.91 Å². The lowest BCUT2D eigenvalue weighted by atomic mass is 10.1. The van der Waals surface area contributed by atoms with Crippen molar-refractivity contribution in [2.75, 3.05) is 11.1 Å². The largest absolute Gasteiger partial charge is 0.360 e. The van der Waals surface area contributed by atoms with Crippen LogP contribution in [0.5, 0.6) is 0 Å². The monoisotopic (exact) mass is 471 g/mol. The number of fused-ring (bicyclic) bond motifs is 1. The van der Waals surface area contributed by atoms with Crippen LogP contribution in [-0.2, 0) is 4.79 Å². The maximum absolute atomic E-state index is 13.6. The van der Waals surface area contributed by atoms with E-state index in [0.717, 1.165) is 33.3 Å². The highest BCUT2D eigenvalue weighted by Gasteiger charge is 2.20. The molecule has 0 radical (unpaired) electrons. The summed E-state index contributed by atoms with van der Waals surface area (Å²) in [6.07, 6.45) is 1.88. The van der Waals surface area contributed by atoms with Gasteiger partial charge in [-0.2, -0.15) is 0 Å². The second-order valence-corrected chi connectivity index (χ2v) is 9.02. The Labute approximate surface area is 200 Å². The number of H-pyrrole nitrogens is 1. The van der Waals surface area contributed by atoms with Crippen molar-refractivity contribution in [3.05, 3.63) is 89.9 Å². The molecule has 0 fully saturated rings. The summed E-state index contributed by atoms with van der Waals surface area (Å²) >= 11 is 1.28. The molecular formula is C26H22FN5OS. The number of rotatable bonds is 6. The number of hydrogen-bond donors (Lipinski definition) is 2. The van der Waals surface area contributed by atoms with Gasteiger partial charge in [-0.05, 0) is 67.4 Å². The molecule has 34 heavy (non-hydrogen) atoms. The molecule has 2 aromatic heterocycles. The first kappa shape index (κ1) is 21.9. The molecule has 0 spiro atoms. The minimum Gasteiger partial charge on any atom is -0.360 e. The highest BCUT2D eigenvalue weighted by molar-refractivity contribution is 7.99. The van der Waals surface area contributed by atoms with Crippen LogP contribution in [0.1, 0.15) is 11.1 Å². The molecule has 8 heteroatoms. The van der Waals surface area contributed by atoms with Crippen molar-refractivity contribution in [3.63, 3.8) is 0 Å². The van der Waals surface area contributed by atoms with E-state index in [1.54, 1.807) is 12.1 Å². The first-order valence-corrected chi connectivity index (χ1v) is 11.8. The fourth-order valence-corrected chi connectivity index (χ4v) is 4.74. The molecule has 0 aliphatic rings. The number of thioether (sulfide) groups is 1. The standard InChI is InChI=1S/C26H22FN5OS/c1-16-11-17(2)13-19(12-16)29-24(33)15-34-26-31-30-25(32(26)20-9-7-18(27)8-10-20)22-14-28-23-6-4-3-5-21(22)23/h3-14,28H,15H2,1-2H3,(H,29,33). The van der Waals surface area contributed by atoms with Crippen molar-refractivity contribution in [1.82, 2.24) is 19.7 Å². The molecule has 0 bridgehead atoms. The zero-order valence-corrected chi connectivity index (χ0v) is 19.5. The van der Waals surface area contributed by atoms with E-state index in [2.05, 4.69) is 26.6 Å². The molecule has 0 unspecified atom stereocenters. The van der Waals surface area contributed by atoms with Gasteiger partial charge in [0.05, 0.1) is 5.75 Å². The highest BCUT2D eigenvalue weighted by Crippen LogP contribution is 2.32. The number of nitrogens with zero attached hydrogens (tertiary/aromatic N) is 3. The normalized spacial score (nSPS) is 11.1. The highest BCUT2D eigenvalue weighted by atomic mass is 32.2. The Balaban J connectivity index is 1.46. The van der Waals surface area contributed by atoms with E-state index in [4.69, 9.17) is 0 Å². The lowest BCUT2D eigenvalue weighted by molar-refractivity contribution is -0.113. The molecule has 3 aromatic carbocycles. The number of hydrogen-bond acceptors (Lipinski definition) is 4. The lowest BCUT2D eigenvalue weighted by Crippen LogP contribution is -2.14. The molecule has 0 atom stereocenters. The average Bonchev–Trinajstić information content (AvgIpc) is 3.41. The summed E-state index contributed by atoms with van der Waals surface area (Å²) in [7, 11) is 0. The smallest absolute Gasteiger partial charge is 0.234 e. The molecule has 2 N–H and O–H groups in total. The Hall–Kier alpha value is -3.91. The van der Waals surface area contributed by atoms with Gasteiger partial charge in [-0.3, -0.25) is 9.36 Å². The Morgan fingerprint density at radius 1 is 1.03 bits per heavy atom. The van der Waals surface area contributed by atoms with Crippen molar-refractivity contribution in [2.24, 2.45) is 0 Å². The van der Waals surface area contributed by atoms with E-state index in [-0.39, 0.29) is 17.5 Å². The number of halogens is 1. The second-order valence-electron chi connectivity index (χ2n) is 8.08. The molecule has 170 valence electrons. The minimum absolute atomic E-state index is 0.141. The Kier molecular flexibility index (Phi) is 5.90. The predicted molar refractivity (Wildman–Crippen MR) is 134 cm³/mol. The molecule has 0 saturated carbocycles. The number of anilines is 1. The molecule has 0 aliphatic carbocycles. The topological polar surface area (TPSA) is 75.6 Å². The molecule has 0 aliphatic heterocycles. The van der Waals surface area contributed by atoms with Gasteiger partial charge in [0.25, 0.3) is 0 Å². The average molecular weight is 472 g/mol. The van der Waals surface area contributed by atoms with Crippen molar-refractivity contribution in [1.29, 1.82) is 0 Å². The summed E-state index contributed by atoms with van der Waals surface area (Å²) in [4.78, 5) is 15.9. The van der Waals surface area contributed by atoms with Gasteiger partial charge in [0, 0.05) is 34.0 Å². The second kappa shape index (κ2) is 9.15. The number of carbonyl (C=O) groups excluding carboxylic acids is 1. The van der Waals surface area contributed by atoms with Crippen LogP contribution in [0, 0.1) is 19.7 Å². The summed E-state index contributed by atoms with van der Waals surface area (Å²) in [5.74, 6) is 0.297. The summed E-state index contributed by atoms with van der Waals surface area (Å²) in [6, 6.07) is 20.0. The SMILES string of the molecule is Cc1cc(C)cc(NC(=O)CSc2nnc(-c3c[nH]c4ccccc34)n2-c2ccc(F)cc2)c1. The van der Waals surface area contributed by atoms with Crippen molar-refractivity contribution in [2.45, 2.75) is 19.0 Å². The number of para-hydroxylation sites is 1. The zero-order chi connectivity index (χ0) is 23.7. The van der Waals surface area contributed by atoms with Crippen molar-refractivity contribution >= 4 is 34.3 Å². The van der Waals surface area contributed by atoms with Gasteiger partial charge in [-0.15, -0.1) is 10.2 Å². The fraction of sp³-hybridized carbons (Fsp3) is 0.115. The summed E-state index contributed by atoms with van der Waals surface area (Å²) in [5, 5.41) is 13.3. The lowest BCUT2D eigenvalue weighted by Gasteiger charge is -2.11. The van der Waals surface area contributed by atoms with Gasteiger partial charge in [-0.25, -0.2) is 4.39 Å². The number of benzene rings is 3. The number of carbonyl (C=O) groups is 1. The fourth-order valence-electron chi connectivity index (χ4n) is 3.99. The van der Waals surface area contributed by atoms with E-state index >= 15 is 0 Å². The Morgan fingerprint density at radius 2 is 1.76 bits per heavy atom. The molecule has 5 rings (SSSR count). The van der Waals surface area contributed by atoms with Crippen LogP contribution in [0.3, 0.4) is 0 Å². The number of nitrogens with one attached hydrogen (secondary N) is 2.